The second-order valence-corrected chi connectivity index (χ2v) is 10.00. The fourth-order valence-corrected chi connectivity index (χ4v) is 4.65. The van der Waals surface area contributed by atoms with Gasteiger partial charge in [-0.3, -0.25) is 14.6 Å². The third-order valence-corrected chi connectivity index (χ3v) is 6.77. The highest BCUT2D eigenvalue weighted by atomic mass is 35.5. The van der Waals surface area contributed by atoms with Gasteiger partial charge in [-0.25, -0.2) is 4.39 Å². The van der Waals surface area contributed by atoms with Crippen molar-refractivity contribution in [1.29, 1.82) is 0 Å². The number of pyridine rings is 1. The van der Waals surface area contributed by atoms with Gasteiger partial charge < -0.3 is 15.4 Å². The van der Waals surface area contributed by atoms with Crippen LogP contribution in [-0.2, 0) is 4.79 Å². The number of halogens is 3. The zero-order chi connectivity index (χ0) is 25.3. The fraction of sp³-hybridized carbons (Fsp3) is 0.348. The molecular weight excluding hydrogens is 516 g/mol. The van der Waals surface area contributed by atoms with Crippen LogP contribution in [0.15, 0.2) is 24.4 Å². The molecule has 1 saturated carbocycles. The summed E-state index contributed by atoms with van der Waals surface area (Å²) < 4.78 is 24.5. The summed E-state index contributed by atoms with van der Waals surface area (Å²) in [5.41, 5.74) is 0.121. The molecular formula is C23H22Cl2FN5O3S. The molecule has 184 valence electrons. The van der Waals surface area contributed by atoms with Crippen molar-refractivity contribution in [2.75, 3.05) is 6.61 Å². The summed E-state index contributed by atoms with van der Waals surface area (Å²) in [6.07, 6.45) is 2.41. The van der Waals surface area contributed by atoms with Crippen LogP contribution in [0, 0.1) is 12.7 Å². The molecule has 0 saturated heterocycles. The summed E-state index contributed by atoms with van der Waals surface area (Å²) in [6, 6.07) is 3.72. The van der Waals surface area contributed by atoms with E-state index in [2.05, 4.69) is 25.2 Å². The first-order chi connectivity index (χ1) is 16.6. The Labute approximate surface area is 215 Å². The Morgan fingerprint density at radius 2 is 2.03 bits per heavy atom. The predicted molar refractivity (Wildman–Crippen MR) is 131 cm³/mol. The van der Waals surface area contributed by atoms with Crippen molar-refractivity contribution >= 4 is 46.5 Å². The van der Waals surface area contributed by atoms with Gasteiger partial charge in [-0.05, 0) is 63.3 Å². The number of carbonyl (C=O) groups is 2. The van der Waals surface area contributed by atoms with E-state index in [1.807, 2.05) is 6.92 Å². The highest BCUT2D eigenvalue weighted by Gasteiger charge is 2.52. The van der Waals surface area contributed by atoms with Crippen LogP contribution < -0.4 is 15.4 Å². The Kier molecular flexibility index (Phi) is 7.25. The Hall–Kier alpha value is -2.82. The van der Waals surface area contributed by atoms with E-state index in [9.17, 15) is 9.59 Å². The molecule has 0 aliphatic heterocycles. The number of rotatable bonds is 8. The Morgan fingerprint density at radius 3 is 2.63 bits per heavy atom. The third-order valence-electron chi connectivity index (χ3n) is 5.64. The van der Waals surface area contributed by atoms with Crippen LogP contribution in [0.25, 0.3) is 11.1 Å². The van der Waals surface area contributed by atoms with Crippen molar-refractivity contribution < 1.29 is 18.7 Å². The minimum Gasteiger partial charge on any atom is -0.492 e. The molecule has 0 spiro atoms. The summed E-state index contributed by atoms with van der Waals surface area (Å²) in [4.78, 5) is 30.3. The Bertz CT molecular complexity index is 1300. The summed E-state index contributed by atoms with van der Waals surface area (Å²) in [6.45, 7) is 5.53. The van der Waals surface area contributed by atoms with Gasteiger partial charge in [0.1, 0.15) is 17.1 Å². The topological polar surface area (TPSA) is 106 Å². The molecule has 0 bridgehead atoms. The molecule has 1 aromatic carbocycles. The number of hydrogen-bond donors (Lipinski definition) is 2. The lowest BCUT2D eigenvalue weighted by Gasteiger charge is -2.21. The minimum absolute atomic E-state index is 0.0508. The second-order valence-electron chi connectivity index (χ2n) is 8.20. The van der Waals surface area contributed by atoms with E-state index in [0.29, 0.717) is 51.2 Å². The van der Waals surface area contributed by atoms with Crippen molar-refractivity contribution in [2.45, 2.75) is 45.2 Å². The van der Waals surface area contributed by atoms with E-state index in [4.69, 9.17) is 27.9 Å². The van der Waals surface area contributed by atoms with Crippen molar-refractivity contribution in [2.24, 2.45) is 0 Å². The van der Waals surface area contributed by atoms with Crippen molar-refractivity contribution in [3.05, 3.63) is 56.5 Å². The molecule has 2 heterocycles. The molecule has 0 unspecified atom stereocenters. The molecule has 1 aliphatic rings. The van der Waals surface area contributed by atoms with Crippen LogP contribution >= 0.6 is 34.7 Å². The molecule has 2 aromatic heterocycles. The molecule has 8 nitrogen and oxygen atoms in total. The molecule has 3 aromatic rings. The number of aryl methyl sites for hydroxylation is 1. The number of nitrogens with one attached hydrogen (secondary N) is 2. The summed E-state index contributed by atoms with van der Waals surface area (Å²) >= 11 is 13.5. The van der Waals surface area contributed by atoms with Crippen LogP contribution in [0.5, 0.6) is 5.75 Å². The molecule has 1 atom stereocenters. The molecule has 0 radical (unpaired) electrons. The summed E-state index contributed by atoms with van der Waals surface area (Å²) in [5, 5.41) is 9.99. The van der Waals surface area contributed by atoms with E-state index >= 15 is 4.39 Å². The molecule has 2 N–H and O–H groups in total. The number of amides is 2. The van der Waals surface area contributed by atoms with E-state index in [1.165, 1.54) is 12.3 Å². The number of ether oxygens (including phenoxy) is 1. The normalized spacial score (nSPS) is 14.8. The predicted octanol–water partition coefficient (Wildman–Crippen LogP) is 4.89. The third kappa shape index (κ3) is 5.24. The van der Waals surface area contributed by atoms with Crippen molar-refractivity contribution in [3.63, 3.8) is 0 Å². The summed E-state index contributed by atoms with van der Waals surface area (Å²) in [7, 11) is 0. The van der Waals surface area contributed by atoms with Gasteiger partial charge in [0.05, 0.1) is 28.2 Å². The highest BCUT2D eigenvalue weighted by Crippen LogP contribution is 2.40. The highest BCUT2D eigenvalue weighted by molar-refractivity contribution is 7.05. The van der Waals surface area contributed by atoms with Gasteiger partial charge in [0, 0.05) is 22.3 Å². The Morgan fingerprint density at radius 1 is 1.29 bits per heavy atom. The van der Waals surface area contributed by atoms with E-state index in [0.717, 1.165) is 11.5 Å². The number of carbonyl (C=O) groups excluding carboxylic acids is 2. The fourth-order valence-electron chi connectivity index (χ4n) is 3.64. The molecule has 1 aliphatic carbocycles. The second kappa shape index (κ2) is 10.0. The van der Waals surface area contributed by atoms with Gasteiger partial charge in [-0.2, -0.15) is 0 Å². The molecule has 2 amide bonds. The van der Waals surface area contributed by atoms with Gasteiger partial charge in [0.2, 0.25) is 5.91 Å². The molecule has 12 heteroatoms. The minimum atomic E-state index is -1.05. The zero-order valence-electron chi connectivity index (χ0n) is 19.1. The number of hydrogen-bond acceptors (Lipinski definition) is 7. The van der Waals surface area contributed by atoms with E-state index < -0.39 is 29.2 Å². The van der Waals surface area contributed by atoms with Crippen LogP contribution in [0.2, 0.25) is 10.0 Å². The van der Waals surface area contributed by atoms with Crippen LogP contribution in [0.1, 0.15) is 53.8 Å². The first-order valence-corrected chi connectivity index (χ1v) is 12.4. The van der Waals surface area contributed by atoms with Crippen LogP contribution in [-0.4, -0.2) is 38.5 Å². The monoisotopic (exact) mass is 537 g/mol. The van der Waals surface area contributed by atoms with Gasteiger partial charge in [-0.1, -0.05) is 27.7 Å². The smallest absolute Gasteiger partial charge is 0.273 e. The average molecular weight is 538 g/mol. The zero-order valence-corrected chi connectivity index (χ0v) is 21.4. The number of aromatic nitrogens is 3. The average Bonchev–Trinajstić information content (AvgIpc) is 3.46. The van der Waals surface area contributed by atoms with Crippen molar-refractivity contribution in [3.8, 4) is 16.9 Å². The number of nitrogens with zero attached hydrogens (tertiary/aromatic N) is 3. The maximum absolute atomic E-state index is 15.1. The van der Waals surface area contributed by atoms with E-state index in [-0.39, 0.29) is 11.4 Å². The lowest BCUT2D eigenvalue weighted by molar-refractivity contribution is -0.124. The lowest BCUT2D eigenvalue weighted by atomic mass is 10.0. The molecule has 1 fully saturated rings. The van der Waals surface area contributed by atoms with Gasteiger partial charge in [0.25, 0.3) is 5.91 Å². The van der Waals surface area contributed by atoms with Gasteiger partial charge >= 0.3 is 0 Å². The lowest BCUT2D eigenvalue weighted by Crippen LogP contribution is -2.49. The molecule has 4 rings (SSSR count). The first kappa shape index (κ1) is 25.3. The summed E-state index contributed by atoms with van der Waals surface area (Å²) in [5.74, 6) is -1.11. The number of benzene rings is 1. The largest absolute Gasteiger partial charge is 0.492 e. The quantitative estimate of drug-likeness (QED) is 0.423. The maximum atomic E-state index is 15.1. The van der Waals surface area contributed by atoms with Crippen molar-refractivity contribution in [1.82, 2.24) is 25.2 Å². The van der Waals surface area contributed by atoms with Gasteiger partial charge in [-0.15, -0.1) is 5.10 Å². The van der Waals surface area contributed by atoms with Gasteiger partial charge in [0.15, 0.2) is 5.69 Å². The van der Waals surface area contributed by atoms with E-state index in [1.54, 1.807) is 26.0 Å². The molecule has 35 heavy (non-hydrogen) atoms. The SMILES string of the molecule is CCOc1c(Cl)cc(Cl)cc1-c1cnc([C@@H](C)NC(=O)C2(NC(=O)c3nnsc3C)CC2)c(F)c1. The Balaban J connectivity index is 1.50. The first-order valence-electron chi connectivity index (χ1n) is 10.8. The standard InChI is InChI=1S/C23H22Cl2FN5O3S/c1-4-34-20-15(8-14(24)9-16(20)25)13-7-17(26)18(27-10-13)11(2)28-22(33)23(5-6-23)29-21(32)19-12(3)35-31-30-19/h7-11H,4-6H2,1-3H3,(H,28,33)(H,29,32)/t11-/m1/s1. The van der Waals surface area contributed by atoms with Crippen LogP contribution in [0.4, 0.5) is 4.39 Å². The maximum Gasteiger partial charge on any atom is 0.273 e. The van der Waals surface area contributed by atoms with Crippen LogP contribution in [0.3, 0.4) is 0 Å².